The van der Waals surface area contributed by atoms with Crippen LogP contribution in [0.15, 0.2) is 4.52 Å². The zero-order valence-corrected chi connectivity index (χ0v) is 13.5. The van der Waals surface area contributed by atoms with E-state index in [-0.39, 0.29) is 11.9 Å². The van der Waals surface area contributed by atoms with Crippen molar-refractivity contribution in [2.24, 2.45) is 11.7 Å². The first-order valence-electron chi connectivity index (χ1n) is 8.53. The average molecular weight is 308 g/mol. The van der Waals surface area contributed by atoms with E-state index in [1.54, 1.807) is 0 Å². The van der Waals surface area contributed by atoms with Gasteiger partial charge >= 0.3 is 0 Å². The maximum absolute atomic E-state index is 12.1. The molecule has 2 rings (SSSR count). The van der Waals surface area contributed by atoms with Crippen molar-refractivity contribution >= 4 is 5.91 Å². The van der Waals surface area contributed by atoms with Crippen LogP contribution in [0.1, 0.15) is 63.6 Å². The maximum atomic E-state index is 12.1. The Labute approximate surface area is 132 Å². The van der Waals surface area contributed by atoms with Crippen molar-refractivity contribution < 1.29 is 9.32 Å². The molecule has 2 unspecified atom stereocenters. The van der Waals surface area contributed by atoms with Gasteiger partial charge in [0, 0.05) is 25.3 Å². The lowest BCUT2D eigenvalue weighted by molar-refractivity contribution is -0.122. The first-order chi connectivity index (χ1) is 10.7. The summed E-state index contributed by atoms with van der Waals surface area (Å²) in [5.74, 6) is 1.94. The third-order valence-corrected chi connectivity index (χ3v) is 4.34. The van der Waals surface area contributed by atoms with E-state index < -0.39 is 0 Å². The van der Waals surface area contributed by atoms with E-state index in [1.807, 2.05) is 0 Å². The Kier molecular flexibility index (Phi) is 6.83. The number of aromatic nitrogens is 2. The molecule has 1 aliphatic rings. The lowest BCUT2D eigenvalue weighted by Gasteiger charge is -2.31. The number of hydrogen-bond acceptors (Lipinski definition) is 5. The zero-order chi connectivity index (χ0) is 15.8. The van der Waals surface area contributed by atoms with Crippen LogP contribution in [0.3, 0.4) is 0 Å². The van der Waals surface area contributed by atoms with Crippen molar-refractivity contribution in [2.45, 2.75) is 70.8 Å². The summed E-state index contributed by atoms with van der Waals surface area (Å²) >= 11 is 0. The fourth-order valence-electron chi connectivity index (χ4n) is 3.08. The van der Waals surface area contributed by atoms with Gasteiger partial charge in [0.05, 0.1) is 0 Å². The lowest BCUT2D eigenvalue weighted by atomic mass is 9.84. The van der Waals surface area contributed by atoms with Crippen molar-refractivity contribution in [3.8, 4) is 0 Å². The van der Waals surface area contributed by atoms with Crippen LogP contribution in [0.5, 0.6) is 0 Å². The molecule has 0 saturated heterocycles. The number of nitrogens with two attached hydrogens (primary N) is 1. The molecule has 0 aliphatic heterocycles. The van der Waals surface area contributed by atoms with E-state index in [1.165, 1.54) is 12.8 Å². The Bertz CT molecular complexity index is 461. The largest absolute Gasteiger partial charge is 0.353 e. The summed E-state index contributed by atoms with van der Waals surface area (Å²) < 4.78 is 5.17. The predicted molar refractivity (Wildman–Crippen MR) is 84.2 cm³/mol. The molecule has 0 aromatic carbocycles. The Morgan fingerprint density at radius 1 is 1.36 bits per heavy atom. The zero-order valence-electron chi connectivity index (χ0n) is 13.5. The highest BCUT2D eigenvalue weighted by Gasteiger charge is 2.25. The van der Waals surface area contributed by atoms with Gasteiger partial charge in [-0.2, -0.15) is 4.98 Å². The molecule has 124 valence electrons. The van der Waals surface area contributed by atoms with E-state index in [9.17, 15) is 4.79 Å². The summed E-state index contributed by atoms with van der Waals surface area (Å²) in [6.45, 7) is 2.74. The standard InChI is InChI=1S/C16H28N4O2/c1-2-6-14-19-16(22-20-14)10-5-9-15(21)18-13-8-4-3-7-12(13)11-17/h12-13H,2-11,17H2,1H3,(H,18,21). The van der Waals surface area contributed by atoms with Gasteiger partial charge in [-0.25, -0.2) is 0 Å². The molecule has 2 atom stereocenters. The van der Waals surface area contributed by atoms with Crippen LogP contribution in [0.4, 0.5) is 0 Å². The monoisotopic (exact) mass is 308 g/mol. The number of nitrogens with zero attached hydrogens (tertiary/aromatic N) is 2. The summed E-state index contributed by atoms with van der Waals surface area (Å²) in [6.07, 6.45) is 8.33. The van der Waals surface area contributed by atoms with E-state index in [0.29, 0.717) is 31.2 Å². The molecular weight excluding hydrogens is 280 g/mol. The Balaban J connectivity index is 1.68. The minimum Gasteiger partial charge on any atom is -0.353 e. The number of amides is 1. The highest BCUT2D eigenvalue weighted by molar-refractivity contribution is 5.76. The van der Waals surface area contributed by atoms with E-state index in [4.69, 9.17) is 10.3 Å². The molecule has 0 bridgehead atoms. The van der Waals surface area contributed by atoms with Gasteiger partial charge < -0.3 is 15.6 Å². The Morgan fingerprint density at radius 2 is 2.18 bits per heavy atom. The number of nitrogens with one attached hydrogen (secondary N) is 1. The van der Waals surface area contributed by atoms with Crippen LogP contribution < -0.4 is 11.1 Å². The fourth-order valence-corrected chi connectivity index (χ4v) is 3.08. The van der Waals surface area contributed by atoms with Gasteiger partial charge in [-0.1, -0.05) is 24.9 Å². The molecule has 1 aliphatic carbocycles. The third kappa shape index (κ3) is 5.09. The van der Waals surface area contributed by atoms with Gasteiger partial charge in [0.1, 0.15) is 0 Å². The highest BCUT2D eigenvalue weighted by Crippen LogP contribution is 2.23. The van der Waals surface area contributed by atoms with Gasteiger partial charge in [-0.15, -0.1) is 0 Å². The summed E-state index contributed by atoms with van der Waals surface area (Å²) in [4.78, 5) is 16.4. The van der Waals surface area contributed by atoms with Crippen LogP contribution in [0, 0.1) is 5.92 Å². The number of hydrogen-bond donors (Lipinski definition) is 2. The van der Waals surface area contributed by atoms with Crippen molar-refractivity contribution in [3.05, 3.63) is 11.7 Å². The van der Waals surface area contributed by atoms with E-state index in [0.717, 1.165) is 37.9 Å². The van der Waals surface area contributed by atoms with Gasteiger partial charge in [0.2, 0.25) is 11.8 Å². The number of rotatable bonds is 8. The lowest BCUT2D eigenvalue weighted by Crippen LogP contribution is -2.44. The van der Waals surface area contributed by atoms with Crippen molar-refractivity contribution in [2.75, 3.05) is 6.54 Å². The van der Waals surface area contributed by atoms with Crippen LogP contribution in [-0.2, 0) is 17.6 Å². The second-order valence-electron chi connectivity index (χ2n) is 6.16. The minimum absolute atomic E-state index is 0.110. The molecular formula is C16H28N4O2. The quantitative estimate of drug-likeness (QED) is 0.766. The van der Waals surface area contributed by atoms with Gasteiger partial charge in [0.15, 0.2) is 5.82 Å². The smallest absolute Gasteiger partial charge is 0.226 e. The first kappa shape index (κ1) is 16.9. The predicted octanol–water partition coefficient (Wildman–Crippen LogP) is 1.98. The number of carbonyl (C=O) groups excluding carboxylic acids is 1. The highest BCUT2D eigenvalue weighted by atomic mass is 16.5. The van der Waals surface area contributed by atoms with Crippen molar-refractivity contribution in [1.29, 1.82) is 0 Å². The second-order valence-corrected chi connectivity index (χ2v) is 6.16. The van der Waals surface area contributed by atoms with E-state index >= 15 is 0 Å². The van der Waals surface area contributed by atoms with Crippen LogP contribution >= 0.6 is 0 Å². The average Bonchev–Trinajstić information content (AvgIpc) is 2.96. The summed E-state index contributed by atoms with van der Waals surface area (Å²) in [6, 6.07) is 0.255. The van der Waals surface area contributed by atoms with Gasteiger partial charge in [-0.3, -0.25) is 4.79 Å². The molecule has 1 saturated carbocycles. The van der Waals surface area contributed by atoms with Crippen LogP contribution in [0.25, 0.3) is 0 Å². The molecule has 1 amide bonds. The van der Waals surface area contributed by atoms with E-state index in [2.05, 4.69) is 22.4 Å². The Morgan fingerprint density at radius 3 is 2.95 bits per heavy atom. The molecule has 1 heterocycles. The van der Waals surface area contributed by atoms with Crippen LogP contribution in [-0.4, -0.2) is 28.6 Å². The molecule has 6 heteroatoms. The minimum atomic E-state index is 0.110. The summed E-state index contributed by atoms with van der Waals surface area (Å²) in [7, 11) is 0. The van der Waals surface area contributed by atoms with Crippen LogP contribution in [0.2, 0.25) is 0 Å². The molecule has 0 radical (unpaired) electrons. The molecule has 1 aromatic heterocycles. The van der Waals surface area contributed by atoms with Gasteiger partial charge in [-0.05, 0) is 38.1 Å². The topological polar surface area (TPSA) is 94.0 Å². The van der Waals surface area contributed by atoms with Gasteiger partial charge in [0.25, 0.3) is 0 Å². The summed E-state index contributed by atoms with van der Waals surface area (Å²) in [5, 5.41) is 7.06. The Hall–Kier alpha value is -1.43. The molecule has 22 heavy (non-hydrogen) atoms. The second kappa shape index (κ2) is 8.88. The molecule has 1 fully saturated rings. The molecule has 0 spiro atoms. The normalized spacial score (nSPS) is 21.7. The van der Waals surface area contributed by atoms with Crippen molar-refractivity contribution in [3.63, 3.8) is 0 Å². The maximum Gasteiger partial charge on any atom is 0.226 e. The number of carbonyl (C=O) groups is 1. The third-order valence-electron chi connectivity index (χ3n) is 4.34. The summed E-state index contributed by atoms with van der Waals surface area (Å²) in [5.41, 5.74) is 5.79. The molecule has 3 N–H and O–H groups in total. The van der Waals surface area contributed by atoms with Crippen molar-refractivity contribution in [1.82, 2.24) is 15.5 Å². The first-order valence-corrected chi connectivity index (χ1v) is 8.53. The fraction of sp³-hybridized carbons (Fsp3) is 0.812. The molecule has 1 aromatic rings. The number of aryl methyl sites for hydroxylation is 2. The SMILES string of the molecule is CCCc1noc(CCCC(=O)NC2CCCCC2CN)n1. The molecule has 6 nitrogen and oxygen atoms in total.